The number of hydrogen-bond acceptors (Lipinski definition) is 10. The number of piperazine rings is 1. The molecule has 13 nitrogen and oxygen atoms in total. The van der Waals surface area contributed by atoms with Gasteiger partial charge in [-0.25, -0.2) is 4.98 Å². The number of amides is 3. The van der Waals surface area contributed by atoms with E-state index in [1.54, 1.807) is 14.7 Å². The Morgan fingerprint density at radius 2 is 1.70 bits per heavy atom. The summed E-state index contributed by atoms with van der Waals surface area (Å²) in [6.07, 6.45) is -1.53. The first-order chi connectivity index (χ1) is 19.0. The van der Waals surface area contributed by atoms with Gasteiger partial charge in [0, 0.05) is 51.4 Å². The number of pyridine rings is 1. The Balaban J connectivity index is 1.33. The zero-order valence-electron chi connectivity index (χ0n) is 21.5. The van der Waals surface area contributed by atoms with Gasteiger partial charge >= 0.3 is 6.18 Å². The summed E-state index contributed by atoms with van der Waals surface area (Å²) in [5, 5.41) is 2.68. The number of carbonyl (C=O) groups is 3. The van der Waals surface area contributed by atoms with E-state index >= 15 is 0 Å². The van der Waals surface area contributed by atoms with E-state index in [-0.39, 0.29) is 85.5 Å². The molecule has 2 fully saturated rings. The summed E-state index contributed by atoms with van der Waals surface area (Å²) >= 11 is 0. The Hall–Kier alpha value is -4.50. The molecule has 0 aromatic carbocycles. The highest BCUT2D eigenvalue weighted by Gasteiger charge is 2.36. The lowest BCUT2D eigenvalue weighted by molar-refractivity contribution is -0.137. The number of nitrogen functional groups attached to an aromatic ring is 2. The van der Waals surface area contributed by atoms with Crippen molar-refractivity contribution in [3.63, 3.8) is 0 Å². The summed E-state index contributed by atoms with van der Waals surface area (Å²) in [7, 11) is 0. The molecular formula is C24H29F3N10O3. The molecule has 0 radical (unpaired) electrons. The van der Waals surface area contributed by atoms with Crippen LogP contribution >= 0.6 is 0 Å². The molecule has 2 aliphatic heterocycles. The predicted octanol–water partition coefficient (Wildman–Crippen LogP) is 0.306. The van der Waals surface area contributed by atoms with Gasteiger partial charge in [-0.15, -0.1) is 0 Å². The number of anilines is 3. The molecule has 214 valence electrons. The number of nitrogens with one attached hydrogen (secondary N) is 1. The molecule has 0 saturated carbocycles. The topological polar surface area (TPSA) is 177 Å². The molecule has 2 aliphatic rings. The average molecular weight is 563 g/mol. The first kappa shape index (κ1) is 28.5. The van der Waals surface area contributed by atoms with Gasteiger partial charge < -0.3 is 31.5 Å². The maximum atomic E-state index is 13.6. The van der Waals surface area contributed by atoms with Crippen LogP contribution in [0.15, 0.2) is 24.9 Å². The van der Waals surface area contributed by atoms with Gasteiger partial charge in [0.2, 0.25) is 29.6 Å². The van der Waals surface area contributed by atoms with Gasteiger partial charge in [-0.05, 0) is 25.0 Å². The highest BCUT2D eigenvalue weighted by molar-refractivity contribution is 5.88. The number of alkyl halides is 3. The molecule has 16 heteroatoms. The second-order valence-electron chi connectivity index (χ2n) is 9.36. The highest BCUT2D eigenvalue weighted by atomic mass is 19.4. The second-order valence-corrected chi connectivity index (χ2v) is 9.36. The summed E-state index contributed by atoms with van der Waals surface area (Å²) in [4.78, 5) is 57.6. The number of nitrogens with zero attached hydrogens (tertiary/aromatic N) is 7. The molecule has 3 amide bonds. The second kappa shape index (κ2) is 11.7. The van der Waals surface area contributed by atoms with Crippen molar-refractivity contribution in [1.29, 1.82) is 0 Å². The van der Waals surface area contributed by atoms with E-state index < -0.39 is 11.7 Å². The number of likely N-dealkylation sites (tertiary alicyclic amines) is 1. The van der Waals surface area contributed by atoms with E-state index in [4.69, 9.17) is 11.5 Å². The van der Waals surface area contributed by atoms with E-state index in [9.17, 15) is 27.6 Å². The van der Waals surface area contributed by atoms with Gasteiger partial charge in [-0.3, -0.25) is 14.4 Å². The molecule has 40 heavy (non-hydrogen) atoms. The maximum absolute atomic E-state index is 13.6. The number of rotatable bonds is 6. The van der Waals surface area contributed by atoms with Gasteiger partial charge in [0.1, 0.15) is 5.82 Å². The van der Waals surface area contributed by atoms with Gasteiger partial charge in [-0.2, -0.15) is 28.1 Å². The Bertz CT molecular complexity index is 1290. The fourth-order valence-corrected chi connectivity index (χ4v) is 4.59. The number of piperidine rings is 1. The van der Waals surface area contributed by atoms with Crippen LogP contribution < -0.4 is 21.7 Å². The Morgan fingerprint density at radius 3 is 2.33 bits per heavy atom. The van der Waals surface area contributed by atoms with Gasteiger partial charge in [0.05, 0.1) is 17.7 Å². The van der Waals surface area contributed by atoms with Crippen LogP contribution in [-0.4, -0.2) is 93.3 Å². The minimum Gasteiger partial charge on any atom is -0.384 e. The average Bonchev–Trinajstić information content (AvgIpc) is 2.94. The zero-order chi connectivity index (χ0) is 29.0. The standard InChI is InChI=1S/C24H29F3N10O3/c1-2-18(38)35-5-3-14(4-6-35)21(40)31-13-19(39)36-7-9-37(10-8-36)23-33-20(32-22(29)34-23)15-12-30-17(28)11-16(15)24(25,26)27/h2,11-12,14H,1,3-10,13H2,(H2,28,30)(H,31,40)(H2,29,32,33,34). The van der Waals surface area contributed by atoms with Crippen LogP contribution in [0, 0.1) is 5.92 Å². The van der Waals surface area contributed by atoms with E-state index in [0.29, 0.717) is 32.0 Å². The van der Waals surface area contributed by atoms with Gasteiger partial charge in [-0.1, -0.05) is 6.58 Å². The molecule has 0 aliphatic carbocycles. The molecule has 2 aromatic rings. The van der Waals surface area contributed by atoms with Crippen LogP contribution in [0.5, 0.6) is 0 Å². The van der Waals surface area contributed by atoms with Crippen molar-refractivity contribution >= 4 is 35.4 Å². The van der Waals surface area contributed by atoms with Crippen LogP contribution in [0.25, 0.3) is 11.4 Å². The predicted molar refractivity (Wildman–Crippen MR) is 138 cm³/mol. The van der Waals surface area contributed by atoms with Crippen LogP contribution in [0.1, 0.15) is 18.4 Å². The molecule has 0 atom stereocenters. The third kappa shape index (κ3) is 6.55. The van der Waals surface area contributed by atoms with Crippen molar-refractivity contribution in [2.24, 2.45) is 5.92 Å². The zero-order valence-corrected chi connectivity index (χ0v) is 21.5. The van der Waals surface area contributed by atoms with Crippen LogP contribution in [0.2, 0.25) is 0 Å². The molecule has 5 N–H and O–H groups in total. The summed E-state index contributed by atoms with van der Waals surface area (Å²) in [6, 6.07) is 0.699. The fraction of sp³-hybridized carbons (Fsp3) is 0.458. The maximum Gasteiger partial charge on any atom is 0.417 e. The summed E-state index contributed by atoms with van der Waals surface area (Å²) in [5.41, 5.74) is 9.79. The summed E-state index contributed by atoms with van der Waals surface area (Å²) in [6.45, 7) is 5.31. The van der Waals surface area contributed by atoms with Gasteiger partial charge in [0.25, 0.3) is 0 Å². The molecule has 4 rings (SSSR count). The van der Waals surface area contributed by atoms with E-state index in [2.05, 4.69) is 31.8 Å². The SMILES string of the molecule is C=CC(=O)N1CCC(C(=O)NCC(=O)N2CCN(c3nc(N)nc(-c4cnc(N)cc4C(F)(F)F)n3)CC2)CC1. The van der Waals surface area contributed by atoms with E-state index in [1.165, 1.54) is 6.08 Å². The fourth-order valence-electron chi connectivity index (χ4n) is 4.59. The Labute approximate surface area is 227 Å². The number of nitrogens with two attached hydrogens (primary N) is 2. The normalized spacial score (nSPS) is 16.5. The van der Waals surface area contributed by atoms with Crippen LogP contribution in [0.3, 0.4) is 0 Å². The number of aromatic nitrogens is 4. The number of halogens is 3. The third-order valence-corrected chi connectivity index (χ3v) is 6.79. The third-order valence-electron chi connectivity index (χ3n) is 6.79. The smallest absolute Gasteiger partial charge is 0.384 e. The molecule has 4 heterocycles. The first-order valence-corrected chi connectivity index (χ1v) is 12.5. The lowest BCUT2D eigenvalue weighted by atomic mass is 9.96. The van der Waals surface area contributed by atoms with Crippen molar-refractivity contribution in [3.05, 3.63) is 30.5 Å². The van der Waals surface area contributed by atoms with Crippen molar-refractivity contribution in [3.8, 4) is 11.4 Å². The Kier molecular flexibility index (Phi) is 8.35. The monoisotopic (exact) mass is 562 g/mol. The first-order valence-electron chi connectivity index (χ1n) is 12.5. The molecule has 0 spiro atoms. The molecule has 2 aromatic heterocycles. The summed E-state index contributed by atoms with van der Waals surface area (Å²) < 4.78 is 40.8. The minimum atomic E-state index is -4.72. The van der Waals surface area contributed by atoms with Crippen molar-refractivity contribution < 1.29 is 27.6 Å². The Morgan fingerprint density at radius 1 is 1.02 bits per heavy atom. The van der Waals surface area contributed by atoms with Crippen LogP contribution in [0.4, 0.5) is 30.9 Å². The van der Waals surface area contributed by atoms with Crippen molar-refractivity contribution in [1.82, 2.24) is 35.1 Å². The number of hydrogen-bond donors (Lipinski definition) is 3. The molecule has 0 bridgehead atoms. The van der Waals surface area contributed by atoms with E-state index in [0.717, 1.165) is 6.20 Å². The van der Waals surface area contributed by atoms with Crippen LogP contribution in [-0.2, 0) is 20.6 Å². The highest BCUT2D eigenvalue weighted by Crippen LogP contribution is 2.36. The molecule has 2 saturated heterocycles. The number of carbonyl (C=O) groups excluding carboxylic acids is 3. The summed E-state index contributed by atoms with van der Waals surface area (Å²) in [5.74, 6) is -1.77. The lowest BCUT2D eigenvalue weighted by Gasteiger charge is -2.35. The minimum absolute atomic E-state index is 0.0640. The quantitative estimate of drug-likeness (QED) is 0.415. The molecule has 0 unspecified atom stereocenters. The largest absolute Gasteiger partial charge is 0.417 e. The molecular weight excluding hydrogens is 533 g/mol. The van der Waals surface area contributed by atoms with Gasteiger partial charge in [0.15, 0.2) is 5.82 Å². The van der Waals surface area contributed by atoms with Crippen molar-refractivity contribution in [2.45, 2.75) is 19.0 Å². The van der Waals surface area contributed by atoms with Crippen molar-refractivity contribution in [2.75, 3.05) is 62.2 Å². The lowest BCUT2D eigenvalue weighted by Crippen LogP contribution is -2.52. The van der Waals surface area contributed by atoms with E-state index in [1.807, 2.05) is 0 Å².